The van der Waals surface area contributed by atoms with Gasteiger partial charge in [-0.15, -0.1) is 0 Å². The normalized spacial score (nSPS) is 15.7. The van der Waals surface area contributed by atoms with E-state index in [1.807, 2.05) is 71.4 Å². The minimum atomic E-state index is -0.236. The third-order valence-electron chi connectivity index (χ3n) is 4.91. The van der Waals surface area contributed by atoms with Crippen LogP contribution in [-0.4, -0.2) is 29.9 Å². The van der Waals surface area contributed by atoms with Gasteiger partial charge >= 0.3 is 0 Å². The van der Waals surface area contributed by atoms with Crippen LogP contribution < -0.4 is 14.8 Å². The van der Waals surface area contributed by atoms with Gasteiger partial charge in [0.1, 0.15) is 0 Å². The highest BCUT2D eigenvalue weighted by Gasteiger charge is 2.19. The van der Waals surface area contributed by atoms with E-state index in [0.717, 1.165) is 35.5 Å². The van der Waals surface area contributed by atoms with Crippen LogP contribution in [0.4, 0.5) is 5.69 Å². The fourth-order valence-corrected chi connectivity index (χ4v) is 3.41. The number of rotatable bonds is 5. The highest BCUT2D eigenvalue weighted by atomic mass is 16.5. The number of aryl methyl sites for hydroxylation is 1. The van der Waals surface area contributed by atoms with Crippen LogP contribution in [0.1, 0.15) is 28.2 Å². The van der Waals surface area contributed by atoms with Crippen LogP contribution in [0.15, 0.2) is 72.8 Å². The third-order valence-corrected chi connectivity index (χ3v) is 4.91. The Bertz CT molecular complexity index is 1110. The van der Waals surface area contributed by atoms with Crippen LogP contribution in [0.2, 0.25) is 0 Å². The molecule has 6 heteroatoms. The summed E-state index contributed by atoms with van der Waals surface area (Å²) in [5.74, 6) is 1.06. The molecule has 2 aromatic carbocycles. The number of methoxy groups -OCH3 is 2. The van der Waals surface area contributed by atoms with Crippen molar-refractivity contribution in [3.8, 4) is 11.5 Å². The SMILES string of the molecule is COc1ccc(/C2=C/C=C\CCc3cc(C(=O)Nc4ccccc4)nn32)cc1OC. The first-order valence-corrected chi connectivity index (χ1v) is 9.74. The van der Waals surface area contributed by atoms with Gasteiger partial charge in [0, 0.05) is 16.9 Å². The van der Waals surface area contributed by atoms with Gasteiger partial charge in [0.15, 0.2) is 17.2 Å². The number of fused-ring (bicyclic) bond motifs is 1. The van der Waals surface area contributed by atoms with Gasteiger partial charge in [-0.3, -0.25) is 4.79 Å². The Morgan fingerprint density at radius 1 is 1.03 bits per heavy atom. The summed E-state index contributed by atoms with van der Waals surface area (Å²) in [4.78, 5) is 12.8. The first kappa shape index (κ1) is 19.5. The summed E-state index contributed by atoms with van der Waals surface area (Å²) in [6.07, 6.45) is 7.78. The van der Waals surface area contributed by atoms with Crippen molar-refractivity contribution in [2.45, 2.75) is 12.8 Å². The van der Waals surface area contributed by atoms with Crippen molar-refractivity contribution in [2.24, 2.45) is 0 Å². The Morgan fingerprint density at radius 3 is 2.60 bits per heavy atom. The zero-order chi connectivity index (χ0) is 20.9. The van der Waals surface area contributed by atoms with Gasteiger partial charge in [-0.25, -0.2) is 4.68 Å². The Morgan fingerprint density at radius 2 is 1.83 bits per heavy atom. The van der Waals surface area contributed by atoms with Crippen LogP contribution in [0.5, 0.6) is 11.5 Å². The van der Waals surface area contributed by atoms with Gasteiger partial charge in [0.25, 0.3) is 5.91 Å². The lowest BCUT2D eigenvalue weighted by atomic mass is 10.1. The Kier molecular flexibility index (Phi) is 5.66. The number of carbonyl (C=O) groups excluding carboxylic acids is 1. The van der Waals surface area contributed by atoms with Crippen molar-refractivity contribution in [1.29, 1.82) is 0 Å². The molecule has 3 aromatic rings. The lowest BCUT2D eigenvalue weighted by molar-refractivity contribution is 0.102. The van der Waals surface area contributed by atoms with Crippen molar-refractivity contribution in [3.05, 3.63) is 89.8 Å². The topological polar surface area (TPSA) is 65.4 Å². The number of anilines is 1. The molecule has 0 saturated heterocycles. The monoisotopic (exact) mass is 401 g/mol. The fraction of sp³-hybridized carbons (Fsp3) is 0.167. The highest BCUT2D eigenvalue weighted by molar-refractivity contribution is 6.03. The van der Waals surface area contributed by atoms with E-state index in [9.17, 15) is 4.79 Å². The second-order valence-corrected chi connectivity index (χ2v) is 6.84. The number of hydrogen-bond donors (Lipinski definition) is 1. The van der Waals surface area contributed by atoms with Gasteiger partial charge in [0.2, 0.25) is 0 Å². The van der Waals surface area contributed by atoms with E-state index in [2.05, 4.69) is 16.5 Å². The number of ether oxygens (including phenoxy) is 2. The Labute approximate surface area is 175 Å². The maximum Gasteiger partial charge on any atom is 0.276 e. The molecule has 0 unspecified atom stereocenters. The number of nitrogens with one attached hydrogen (secondary N) is 1. The first-order valence-electron chi connectivity index (χ1n) is 9.74. The van der Waals surface area contributed by atoms with E-state index in [4.69, 9.17) is 9.47 Å². The van der Waals surface area contributed by atoms with Crippen LogP contribution in [-0.2, 0) is 6.42 Å². The van der Waals surface area contributed by atoms with E-state index in [1.165, 1.54) is 0 Å². The van der Waals surface area contributed by atoms with Crippen molar-refractivity contribution < 1.29 is 14.3 Å². The van der Waals surface area contributed by atoms with Gasteiger partial charge < -0.3 is 14.8 Å². The van der Waals surface area contributed by atoms with Gasteiger partial charge in [0.05, 0.1) is 19.9 Å². The van der Waals surface area contributed by atoms with Gasteiger partial charge in [-0.05, 0) is 55.3 Å². The van der Waals surface area contributed by atoms with Crippen molar-refractivity contribution >= 4 is 17.3 Å². The fourth-order valence-electron chi connectivity index (χ4n) is 3.41. The molecule has 1 aromatic heterocycles. The molecule has 1 aliphatic heterocycles. The molecular formula is C24H23N3O3. The number of allylic oxidation sites excluding steroid dienone is 3. The lowest BCUT2D eigenvalue weighted by Gasteiger charge is -2.15. The van der Waals surface area contributed by atoms with Crippen LogP contribution in [0.25, 0.3) is 5.70 Å². The maximum absolute atomic E-state index is 12.8. The number of para-hydroxylation sites is 1. The minimum Gasteiger partial charge on any atom is -0.493 e. The van der Waals surface area contributed by atoms with Gasteiger partial charge in [-0.2, -0.15) is 5.10 Å². The number of aromatic nitrogens is 2. The molecule has 152 valence electrons. The Hall–Kier alpha value is -3.80. The molecule has 1 N–H and O–H groups in total. The number of amides is 1. The van der Waals surface area contributed by atoms with Crippen molar-refractivity contribution in [3.63, 3.8) is 0 Å². The number of benzene rings is 2. The second-order valence-electron chi connectivity index (χ2n) is 6.84. The predicted molar refractivity (Wildman–Crippen MR) is 117 cm³/mol. The number of nitrogens with zero attached hydrogens (tertiary/aromatic N) is 2. The second kappa shape index (κ2) is 8.69. The highest BCUT2D eigenvalue weighted by Crippen LogP contribution is 2.32. The van der Waals surface area contributed by atoms with E-state index in [-0.39, 0.29) is 5.91 Å². The van der Waals surface area contributed by atoms with Crippen LogP contribution in [0, 0.1) is 0 Å². The molecule has 0 saturated carbocycles. The summed E-state index contributed by atoms with van der Waals surface area (Å²) >= 11 is 0. The quantitative estimate of drug-likeness (QED) is 0.681. The molecule has 0 atom stereocenters. The van der Waals surface area contributed by atoms with Crippen LogP contribution >= 0.6 is 0 Å². The largest absolute Gasteiger partial charge is 0.493 e. The molecule has 1 amide bonds. The van der Waals surface area contributed by atoms with E-state index < -0.39 is 0 Å². The predicted octanol–water partition coefficient (Wildman–Crippen LogP) is 4.54. The van der Waals surface area contributed by atoms with E-state index in [0.29, 0.717) is 17.2 Å². The number of hydrogen-bond acceptors (Lipinski definition) is 4. The molecule has 4 rings (SSSR count). The molecule has 0 aliphatic carbocycles. The summed E-state index contributed by atoms with van der Waals surface area (Å²) < 4.78 is 12.6. The molecule has 6 nitrogen and oxygen atoms in total. The lowest BCUT2D eigenvalue weighted by Crippen LogP contribution is -2.13. The van der Waals surface area contributed by atoms with Crippen LogP contribution in [0.3, 0.4) is 0 Å². The zero-order valence-corrected chi connectivity index (χ0v) is 17.0. The molecule has 0 spiro atoms. The average Bonchev–Trinajstić information content (AvgIpc) is 3.17. The van der Waals surface area contributed by atoms with E-state index in [1.54, 1.807) is 14.2 Å². The average molecular weight is 401 g/mol. The minimum absolute atomic E-state index is 0.236. The molecule has 30 heavy (non-hydrogen) atoms. The Balaban J connectivity index is 1.71. The molecule has 0 radical (unpaired) electrons. The molecule has 0 fully saturated rings. The maximum atomic E-state index is 12.8. The molecule has 0 bridgehead atoms. The standard InChI is InChI=1S/C24H23N3O3/c1-29-22-14-13-17(15-23(22)30-2)21-12-8-4-7-11-19-16-20(26-27(19)21)24(28)25-18-9-5-3-6-10-18/h3-6,8-10,12-16H,7,11H2,1-2H3,(H,25,28)/b8-4-,21-12-. The summed E-state index contributed by atoms with van der Waals surface area (Å²) in [5, 5.41) is 7.53. The third kappa shape index (κ3) is 3.98. The van der Waals surface area contributed by atoms with Crippen molar-refractivity contribution in [1.82, 2.24) is 9.78 Å². The van der Waals surface area contributed by atoms with Crippen molar-refractivity contribution in [2.75, 3.05) is 19.5 Å². The summed E-state index contributed by atoms with van der Waals surface area (Å²) in [5.41, 5.74) is 3.86. The molecular weight excluding hydrogens is 378 g/mol. The first-order chi connectivity index (χ1) is 14.7. The summed E-state index contributed by atoms with van der Waals surface area (Å²) in [7, 11) is 3.22. The number of carbonyl (C=O) groups is 1. The van der Waals surface area contributed by atoms with Gasteiger partial charge in [-0.1, -0.05) is 30.4 Å². The molecule has 2 heterocycles. The summed E-state index contributed by atoms with van der Waals surface area (Å²) in [6.45, 7) is 0. The van der Waals surface area contributed by atoms with E-state index >= 15 is 0 Å². The summed E-state index contributed by atoms with van der Waals surface area (Å²) in [6, 6.07) is 17.0. The smallest absolute Gasteiger partial charge is 0.276 e. The zero-order valence-electron chi connectivity index (χ0n) is 17.0. The molecule has 1 aliphatic rings.